The highest BCUT2D eigenvalue weighted by molar-refractivity contribution is 6.98. The zero-order valence-corrected chi connectivity index (χ0v) is 35.5. The van der Waals surface area contributed by atoms with Crippen LogP contribution in [0.4, 0.5) is 0 Å². The van der Waals surface area contributed by atoms with Gasteiger partial charge in [0.05, 0.1) is 11.0 Å². The number of para-hydroxylation sites is 3. The number of aromatic nitrogens is 2. The number of nitrogens with zero attached hydrogens (tertiary/aromatic N) is 1. The first kappa shape index (κ1) is 36.7. The molecule has 308 valence electrons. The van der Waals surface area contributed by atoms with Crippen molar-refractivity contribution < 1.29 is 14.2 Å². The minimum atomic E-state index is -0.122. The van der Waals surface area contributed by atoms with Gasteiger partial charge in [0, 0.05) is 49.8 Å². The Morgan fingerprint density at radius 2 is 0.939 bits per heavy atom. The Labute approximate surface area is 380 Å². The van der Waals surface area contributed by atoms with Crippen LogP contribution in [0.2, 0.25) is 0 Å². The lowest BCUT2D eigenvalue weighted by Gasteiger charge is -2.33. The second kappa shape index (κ2) is 14.4. The van der Waals surface area contributed by atoms with Gasteiger partial charge in [-0.15, -0.1) is 0 Å². The second-order valence-corrected chi connectivity index (χ2v) is 17.3. The minimum absolute atomic E-state index is 0.122. The van der Waals surface area contributed by atoms with Gasteiger partial charge in [-0.05, 0) is 129 Å². The highest BCUT2D eigenvalue weighted by Gasteiger charge is 2.41. The molecule has 2 aromatic heterocycles. The van der Waals surface area contributed by atoms with Crippen molar-refractivity contribution in [2.24, 2.45) is 0 Å². The predicted molar refractivity (Wildman–Crippen MR) is 271 cm³/mol. The summed E-state index contributed by atoms with van der Waals surface area (Å²) in [6, 6.07) is 77.0. The molecule has 5 nitrogen and oxygen atoms in total. The number of hydrogen-bond donors (Lipinski definition) is 1. The average Bonchev–Trinajstić information content (AvgIpc) is 3.91. The van der Waals surface area contributed by atoms with Crippen molar-refractivity contribution in [2.75, 3.05) is 0 Å². The van der Waals surface area contributed by atoms with Crippen LogP contribution in [0.15, 0.2) is 218 Å². The van der Waals surface area contributed by atoms with Crippen LogP contribution in [0.25, 0.3) is 82.7 Å². The number of aromatic amines is 1. The Morgan fingerprint density at radius 3 is 1.79 bits per heavy atom. The maximum Gasteiger partial charge on any atom is 0.260 e. The van der Waals surface area contributed by atoms with E-state index in [-0.39, 0.29) is 6.71 Å². The first-order chi connectivity index (χ1) is 32.7. The summed E-state index contributed by atoms with van der Waals surface area (Å²) in [5.74, 6) is 4.62. The fourth-order valence-corrected chi connectivity index (χ4v) is 10.4. The molecular weight excluding hydrogens is 807 g/mol. The number of nitrogens with one attached hydrogen (secondary N) is 1. The summed E-state index contributed by atoms with van der Waals surface area (Å²) in [5, 5.41) is 4.80. The van der Waals surface area contributed by atoms with Crippen LogP contribution in [0.5, 0.6) is 34.5 Å². The molecule has 12 aromatic rings. The molecule has 1 N–H and O–H groups in total. The van der Waals surface area contributed by atoms with Crippen molar-refractivity contribution in [2.45, 2.75) is 0 Å². The van der Waals surface area contributed by atoms with Gasteiger partial charge in [-0.25, -0.2) is 0 Å². The third kappa shape index (κ3) is 5.82. The predicted octanol–water partition coefficient (Wildman–Crippen LogP) is 13.9. The summed E-state index contributed by atoms with van der Waals surface area (Å²) in [7, 11) is 0. The van der Waals surface area contributed by atoms with Crippen LogP contribution in [0.1, 0.15) is 0 Å². The lowest BCUT2D eigenvalue weighted by molar-refractivity contribution is 0.455. The molecule has 0 radical (unpaired) electrons. The van der Waals surface area contributed by atoms with Crippen molar-refractivity contribution in [3.8, 4) is 73.6 Å². The van der Waals surface area contributed by atoms with Crippen LogP contribution in [-0.4, -0.2) is 16.3 Å². The zero-order chi connectivity index (χ0) is 43.3. The second-order valence-electron chi connectivity index (χ2n) is 17.3. The lowest BCUT2D eigenvalue weighted by atomic mass is 9.35. The van der Waals surface area contributed by atoms with Crippen molar-refractivity contribution in [1.29, 1.82) is 0 Å². The van der Waals surface area contributed by atoms with Gasteiger partial charge >= 0.3 is 0 Å². The van der Waals surface area contributed by atoms with Gasteiger partial charge in [0.25, 0.3) is 6.71 Å². The van der Waals surface area contributed by atoms with E-state index in [1.165, 1.54) is 32.6 Å². The van der Waals surface area contributed by atoms with E-state index in [1.54, 1.807) is 0 Å². The monoisotopic (exact) mass is 844 g/mol. The van der Waals surface area contributed by atoms with Gasteiger partial charge in [-0.3, -0.25) is 0 Å². The van der Waals surface area contributed by atoms with Crippen LogP contribution < -0.4 is 30.6 Å². The normalized spacial score (nSPS) is 12.5. The molecule has 2 aliphatic rings. The third-order valence-corrected chi connectivity index (χ3v) is 13.5. The van der Waals surface area contributed by atoms with Crippen molar-refractivity contribution in [3.05, 3.63) is 218 Å². The Balaban J connectivity index is 0.897. The quantitative estimate of drug-likeness (QED) is 0.170. The molecule has 0 bridgehead atoms. The third-order valence-electron chi connectivity index (χ3n) is 13.5. The molecule has 0 amide bonds. The van der Waals surface area contributed by atoms with E-state index in [1.807, 2.05) is 24.3 Å². The number of ether oxygens (including phenoxy) is 3. The molecule has 66 heavy (non-hydrogen) atoms. The number of benzene rings is 10. The van der Waals surface area contributed by atoms with Gasteiger partial charge in [-0.2, -0.15) is 0 Å². The molecule has 4 heterocycles. The highest BCUT2D eigenvalue weighted by atomic mass is 16.5. The smallest absolute Gasteiger partial charge is 0.260 e. The van der Waals surface area contributed by atoms with E-state index in [2.05, 4.69) is 204 Å². The van der Waals surface area contributed by atoms with E-state index >= 15 is 0 Å². The van der Waals surface area contributed by atoms with Gasteiger partial charge in [-0.1, -0.05) is 127 Å². The fraction of sp³-hybridized carbons (Fsp3) is 0. The van der Waals surface area contributed by atoms with Crippen LogP contribution >= 0.6 is 0 Å². The number of rotatable bonds is 6. The van der Waals surface area contributed by atoms with Crippen LogP contribution in [-0.2, 0) is 0 Å². The highest BCUT2D eigenvalue weighted by Crippen LogP contribution is 2.42. The van der Waals surface area contributed by atoms with Gasteiger partial charge in [0.1, 0.15) is 34.5 Å². The molecule has 0 saturated carbocycles. The summed E-state index contributed by atoms with van der Waals surface area (Å²) in [6.45, 7) is -0.122. The molecule has 0 saturated heterocycles. The van der Waals surface area contributed by atoms with E-state index in [9.17, 15) is 0 Å². The molecule has 0 unspecified atom stereocenters. The zero-order valence-electron chi connectivity index (χ0n) is 35.5. The van der Waals surface area contributed by atoms with Crippen LogP contribution in [0.3, 0.4) is 0 Å². The standard InChI is InChI=1S/C60H37BN2O3/c1-3-12-37(13-4-1)38-14-11-17-44(30-38)64-45-25-27-51-57(36-45)66-59-35-42(40-23-28-53-48(31-40)46-18-7-9-20-52(46)62-53)34-58-60(59)61(51)50-26-22-41(33-56(50)65-58)39-24-29-55-49(32-39)47-19-8-10-21-54(47)63(55)43-15-5-2-6-16-43/h1-36,62H. The molecular formula is C60H37BN2O3. The minimum Gasteiger partial charge on any atom is -0.458 e. The number of H-pyrrole nitrogens is 1. The molecule has 14 rings (SSSR count). The molecule has 0 spiro atoms. The van der Waals surface area contributed by atoms with E-state index in [0.29, 0.717) is 5.75 Å². The van der Waals surface area contributed by atoms with E-state index < -0.39 is 0 Å². The van der Waals surface area contributed by atoms with E-state index in [0.717, 1.165) is 95.2 Å². The van der Waals surface area contributed by atoms with Gasteiger partial charge < -0.3 is 23.8 Å². The fourth-order valence-electron chi connectivity index (χ4n) is 10.4. The van der Waals surface area contributed by atoms with Crippen molar-refractivity contribution in [3.63, 3.8) is 0 Å². The summed E-state index contributed by atoms with van der Waals surface area (Å²) >= 11 is 0. The summed E-state index contributed by atoms with van der Waals surface area (Å²) in [5.41, 5.74) is 15.5. The first-order valence-corrected chi connectivity index (χ1v) is 22.4. The first-order valence-electron chi connectivity index (χ1n) is 22.4. The Hall–Kier alpha value is -8.74. The van der Waals surface area contributed by atoms with Gasteiger partial charge in [0.2, 0.25) is 0 Å². The number of hydrogen-bond acceptors (Lipinski definition) is 3. The average molecular weight is 845 g/mol. The summed E-state index contributed by atoms with van der Waals surface area (Å²) < 4.78 is 22.9. The molecule has 0 aliphatic carbocycles. The molecule has 2 aliphatic heterocycles. The maximum absolute atomic E-state index is 7.06. The van der Waals surface area contributed by atoms with E-state index in [4.69, 9.17) is 14.2 Å². The topological polar surface area (TPSA) is 48.4 Å². The molecule has 6 heteroatoms. The summed E-state index contributed by atoms with van der Waals surface area (Å²) in [6.07, 6.45) is 0. The number of fused-ring (bicyclic) bond motifs is 10. The Morgan fingerprint density at radius 1 is 0.364 bits per heavy atom. The lowest BCUT2D eigenvalue weighted by Crippen LogP contribution is -2.57. The molecule has 0 atom stereocenters. The van der Waals surface area contributed by atoms with Crippen molar-refractivity contribution >= 4 is 66.7 Å². The van der Waals surface area contributed by atoms with Gasteiger partial charge in [0.15, 0.2) is 0 Å². The Bertz CT molecular complexity index is 3930. The summed E-state index contributed by atoms with van der Waals surface area (Å²) in [4.78, 5) is 3.58. The van der Waals surface area contributed by atoms with Crippen molar-refractivity contribution in [1.82, 2.24) is 9.55 Å². The maximum atomic E-state index is 7.06. The Kier molecular flexibility index (Phi) is 8.01. The molecule has 10 aromatic carbocycles. The molecule has 0 fully saturated rings. The van der Waals surface area contributed by atoms with Crippen LogP contribution in [0, 0.1) is 0 Å². The largest absolute Gasteiger partial charge is 0.458 e. The SMILES string of the molecule is c1ccc(-c2cccc(Oc3ccc4c(c3)Oc3cc(-c5ccc6[nH]c7ccccc7c6c5)cc5c3B4c3ccc(-c4ccc6c(c4)c4ccccc4n6-c4ccccc4)cc3O5)c2)cc1.